The van der Waals surface area contributed by atoms with Crippen LogP contribution < -0.4 is 5.32 Å². The smallest absolute Gasteiger partial charge is 0.0123 e. The van der Waals surface area contributed by atoms with Gasteiger partial charge in [0.25, 0.3) is 0 Å². The Morgan fingerprint density at radius 1 is 1.43 bits per heavy atom. The van der Waals surface area contributed by atoms with E-state index in [1.54, 1.807) is 0 Å². The molecule has 0 spiro atoms. The van der Waals surface area contributed by atoms with Gasteiger partial charge in [0.05, 0.1) is 0 Å². The SMILES string of the molecule is CCC(C)C(NC)C1CCCC1(C)C. The van der Waals surface area contributed by atoms with E-state index in [0.29, 0.717) is 5.41 Å². The Morgan fingerprint density at radius 2 is 2.07 bits per heavy atom. The molecule has 0 saturated heterocycles. The molecule has 14 heavy (non-hydrogen) atoms. The maximum absolute atomic E-state index is 3.55. The average molecular weight is 197 g/mol. The van der Waals surface area contributed by atoms with Crippen LogP contribution in [0.1, 0.15) is 53.4 Å². The molecule has 1 nitrogen and oxygen atoms in total. The molecule has 1 saturated carbocycles. The summed E-state index contributed by atoms with van der Waals surface area (Å²) in [5.41, 5.74) is 0.553. The molecule has 0 aromatic carbocycles. The normalized spacial score (nSPS) is 30.2. The summed E-state index contributed by atoms with van der Waals surface area (Å²) in [5, 5.41) is 3.55. The zero-order chi connectivity index (χ0) is 10.8. The lowest BCUT2D eigenvalue weighted by molar-refractivity contribution is 0.163. The van der Waals surface area contributed by atoms with Crippen LogP contribution in [0.5, 0.6) is 0 Å². The minimum absolute atomic E-state index is 0.553. The van der Waals surface area contributed by atoms with Crippen LogP contribution in [0, 0.1) is 17.3 Å². The maximum Gasteiger partial charge on any atom is 0.0123 e. The lowest BCUT2D eigenvalue weighted by Crippen LogP contribution is -2.43. The Labute approximate surface area is 89.7 Å². The highest BCUT2D eigenvalue weighted by molar-refractivity contribution is 4.93. The molecule has 1 heteroatoms. The van der Waals surface area contributed by atoms with Gasteiger partial charge in [0.15, 0.2) is 0 Å². The Morgan fingerprint density at radius 3 is 2.43 bits per heavy atom. The van der Waals surface area contributed by atoms with Crippen LogP contribution in [-0.4, -0.2) is 13.1 Å². The predicted molar refractivity (Wildman–Crippen MR) is 63.4 cm³/mol. The quantitative estimate of drug-likeness (QED) is 0.728. The van der Waals surface area contributed by atoms with Crippen LogP contribution in [0.2, 0.25) is 0 Å². The van der Waals surface area contributed by atoms with E-state index in [0.717, 1.165) is 17.9 Å². The second kappa shape index (κ2) is 4.65. The van der Waals surface area contributed by atoms with E-state index in [4.69, 9.17) is 0 Å². The van der Waals surface area contributed by atoms with Crippen molar-refractivity contribution in [3.63, 3.8) is 0 Å². The van der Waals surface area contributed by atoms with Gasteiger partial charge in [-0.05, 0) is 37.1 Å². The van der Waals surface area contributed by atoms with Crippen molar-refractivity contribution >= 4 is 0 Å². The van der Waals surface area contributed by atoms with Gasteiger partial charge in [0.1, 0.15) is 0 Å². The Hall–Kier alpha value is -0.0400. The molecule has 0 aromatic rings. The molecule has 0 amide bonds. The minimum Gasteiger partial charge on any atom is -0.316 e. The molecule has 1 N–H and O–H groups in total. The Bertz CT molecular complexity index is 174. The fourth-order valence-electron chi connectivity index (χ4n) is 3.16. The molecule has 0 aromatic heterocycles. The van der Waals surface area contributed by atoms with Crippen LogP contribution >= 0.6 is 0 Å². The van der Waals surface area contributed by atoms with Gasteiger partial charge < -0.3 is 5.32 Å². The van der Waals surface area contributed by atoms with Gasteiger partial charge in [-0.3, -0.25) is 0 Å². The number of hydrogen-bond acceptors (Lipinski definition) is 1. The van der Waals surface area contributed by atoms with Gasteiger partial charge in [-0.15, -0.1) is 0 Å². The van der Waals surface area contributed by atoms with Gasteiger partial charge in [0.2, 0.25) is 0 Å². The van der Waals surface area contributed by atoms with Crippen LogP contribution in [-0.2, 0) is 0 Å². The van der Waals surface area contributed by atoms with Crippen molar-refractivity contribution in [1.82, 2.24) is 5.32 Å². The molecule has 0 heterocycles. The van der Waals surface area contributed by atoms with E-state index in [1.807, 2.05) is 0 Å². The number of nitrogens with one attached hydrogen (secondary N) is 1. The van der Waals surface area contributed by atoms with Crippen molar-refractivity contribution in [3.8, 4) is 0 Å². The van der Waals surface area contributed by atoms with Crippen LogP contribution in [0.15, 0.2) is 0 Å². The molecular weight excluding hydrogens is 170 g/mol. The van der Waals surface area contributed by atoms with Crippen molar-refractivity contribution < 1.29 is 0 Å². The van der Waals surface area contributed by atoms with Gasteiger partial charge in [-0.2, -0.15) is 0 Å². The second-order valence-corrected chi connectivity index (χ2v) is 5.69. The summed E-state index contributed by atoms with van der Waals surface area (Å²) in [4.78, 5) is 0. The average Bonchev–Trinajstić information content (AvgIpc) is 2.47. The summed E-state index contributed by atoms with van der Waals surface area (Å²) in [5.74, 6) is 1.69. The fourth-order valence-corrected chi connectivity index (χ4v) is 3.16. The topological polar surface area (TPSA) is 12.0 Å². The van der Waals surface area contributed by atoms with Gasteiger partial charge in [-0.1, -0.05) is 40.5 Å². The van der Waals surface area contributed by atoms with E-state index in [-0.39, 0.29) is 0 Å². The van der Waals surface area contributed by atoms with Gasteiger partial charge >= 0.3 is 0 Å². The highest BCUT2D eigenvalue weighted by Crippen LogP contribution is 2.45. The summed E-state index contributed by atoms with van der Waals surface area (Å²) in [6.45, 7) is 9.57. The van der Waals surface area contributed by atoms with Gasteiger partial charge in [0, 0.05) is 6.04 Å². The van der Waals surface area contributed by atoms with Gasteiger partial charge in [-0.25, -0.2) is 0 Å². The number of rotatable bonds is 4. The predicted octanol–water partition coefficient (Wildman–Crippen LogP) is 3.45. The lowest BCUT2D eigenvalue weighted by Gasteiger charge is -2.37. The van der Waals surface area contributed by atoms with Crippen molar-refractivity contribution in [3.05, 3.63) is 0 Å². The highest BCUT2D eigenvalue weighted by Gasteiger charge is 2.40. The molecule has 1 rings (SSSR count). The van der Waals surface area contributed by atoms with Crippen LogP contribution in [0.4, 0.5) is 0 Å². The molecule has 0 bridgehead atoms. The molecule has 84 valence electrons. The van der Waals surface area contributed by atoms with E-state index in [9.17, 15) is 0 Å². The summed E-state index contributed by atoms with van der Waals surface area (Å²) < 4.78 is 0. The molecule has 1 aliphatic rings. The molecular formula is C13H27N. The first-order valence-corrected chi connectivity index (χ1v) is 6.20. The van der Waals surface area contributed by atoms with Crippen molar-refractivity contribution in [2.24, 2.45) is 17.3 Å². The van der Waals surface area contributed by atoms with Crippen molar-refractivity contribution in [1.29, 1.82) is 0 Å². The van der Waals surface area contributed by atoms with E-state index in [2.05, 4.69) is 40.1 Å². The Balaban J connectivity index is 2.69. The van der Waals surface area contributed by atoms with Crippen LogP contribution in [0.25, 0.3) is 0 Å². The van der Waals surface area contributed by atoms with E-state index < -0.39 is 0 Å². The zero-order valence-electron chi connectivity index (χ0n) is 10.6. The zero-order valence-corrected chi connectivity index (χ0v) is 10.6. The molecule has 3 unspecified atom stereocenters. The summed E-state index contributed by atoms with van der Waals surface area (Å²) >= 11 is 0. The molecule has 0 radical (unpaired) electrons. The minimum atomic E-state index is 0.553. The summed E-state index contributed by atoms with van der Waals surface area (Å²) in [6.07, 6.45) is 5.54. The molecule has 0 aliphatic heterocycles. The third kappa shape index (κ3) is 2.31. The Kier molecular flexibility index (Phi) is 4.00. The first-order valence-electron chi connectivity index (χ1n) is 6.20. The largest absolute Gasteiger partial charge is 0.316 e. The summed E-state index contributed by atoms with van der Waals surface area (Å²) in [6, 6.07) is 0.720. The molecule has 1 fully saturated rings. The fraction of sp³-hybridized carbons (Fsp3) is 1.00. The van der Waals surface area contributed by atoms with Crippen molar-refractivity contribution in [2.45, 2.75) is 59.4 Å². The second-order valence-electron chi connectivity index (χ2n) is 5.69. The third-order valence-electron chi connectivity index (χ3n) is 4.36. The highest BCUT2D eigenvalue weighted by atomic mass is 14.9. The lowest BCUT2D eigenvalue weighted by atomic mass is 9.73. The molecule has 1 aliphatic carbocycles. The van der Waals surface area contributed by atoms with E-state index in [1.165, 1.54) is 25.7 Å². The standard InChI is InChI=1S/C13H27N/c1-6-10(2)12(14-5)11-8-7-9-13(11,3)4/h10-12,14H,6-9H2,1-5H3. The summed E-state index contributed by atoms with van der Waals surface area (Å²) in [7, 11) is 2.13. The maximum atomic E-state index is 3.55. The van der Waals surface area contributed by atoms with E-state index >= 15 is 0 Å². The van der Waals surface area contributed by atoms with Crippen molar-refractivity contribution in [2.75, 3.05) is 7.05 Å². The first kappa shape index (κ1) is 12.0. The monoisotopic (exact) mass is 197 g/mol. The first-order chi connectivity index (χ1) is 6.53. The third-order valence-corrected chi connectivity index (χ3v) is 4.36. The number of hydrogen-bond donors (Lipinski definition) is 1. The van der Waals surface area contributed by atoms with Crippen LogP contribution in [0.3, 0.4) is 0 Å². The molecule has 3 atom stereocenters.